The average molecular weight is 172 g/mol. The standard InChI is InChI=1S/C9H20N2O/c1-2-5-12-6-3-4-11-9-7-10-8-9/h9-11H,2-8H2,1H3. The van der Waals surface area contributed by atoms with Crippen molar-refractivity contribution in [3.63, 3.8) is 0 Å². The smallest absolute Gasteiger partial charge is 0.0478 e. The molecule has 0 aliphatic carbocycles. The SMILES string of the molecule is CCCOCCCNC1CNC1. The number of hydrogen-bond donors (Lipinski definition) is 2. The highest BCUT2D eigenvalue weighted by Crippen LogP contribution is 1.91. The molecule has 0 saturated carbocycles. The van der Waals surface area contributed by atoms with E-state index in [1.54, 1.807) is 0 Å². The van der Waals surface area contributed by atoms with Gasteiger partial charge in [-0.3, -0.25) is 0 Å². The Morgan fingerprint density at radius 1 is 1.42 bits per heavy atom. The largest absolute Gasteiger partial charge is 0.381 e. The molecule has 1 saturated heterocycles. The van der Waals surface area contributed by atoms with E-state index in [0.29, 0.717) is 0 Å². The van der Waals surface area contributed by atoms with Crippen LogP contribution in [0.3, 0.4) is 0 Å². The van der Waals surface area contributed by atoms with Crippen molar-refractivity contribution < 1.29 is 4.74 Å². The summed E-state index contributed by atoms with van der Waals surface area (Å²) in [7, 11) is 0. The lowest BCUT2D eigenvalue weighted by molar-refractivity contribution is 0.131. The lowest BCUT2D eigenvalue weighted by Gasteiger charge is -2.28. The molecule has 0 unspecified atom stereocenters. The molecule has 0 atom stereocenters. The quantitative estimate of drug-likeness (QED) is 0.544. The van der Waals surface area contributed by atoms with Gasteiger partial charge in [0.25, 0.3) is 0 Å². The zero-order valence-corrected chi connectivity index (χ0v) is 7.94. The van der Waals surface area contributed by atoms with Crippen molar-refractivity contribution in [3.05, 3.63) is 0 Å². The van der Waals surface area contributed by atoms with Crippen molar-refractivity contribution in [1.29, 1.82) is 0 Å². The zero-order valence-electron chi connectivity index (χ0n) is 7.94. The molecule has 1 aliphatic rings. The van der Waals surface area contributed by atoms with Crippen molar-refractivity contribution in [2.75, 3.05) is 32.8 Å². The Morgan fingerprint density at radius 3 is 2.83 bits per heavy atom. The molecule has 0 aromatic heterocycles. The normalized spacial score (nSPS) is 17.8. The maximum Gasteiger partial charge on any atom is 0.0478 e. The molecule has 0 radical (unpaired) electrons. The highest BCUT2D eigenvalue weighted by atomic mass is 16.5. The zero-order chi connectivity index (χ0) is 8.65. The minimum absolute atomic E-state index is 0.719. The summed E-state index contributed by atoms with van der Waals surface area (Å²) in [6.07, 6.45) is 2.26. The second-order valence-corrected chi connectivity index (χ2v) is 3.28. The van der Waals surface area contributed by atoms with Crippen LogP contribution in [0.25, 0.3) is 0 Å². The Hall–Kier alpha value is -0.120. The minimum atomic E-state index is 0.719. The molecule has 1 aliphatic heterocycles. The summed E-state index contributed by atoms with van der Waals surface area (Å²) < 4.78 is 5.36. The van der Waals surface area contributed by atoms with Crippen LogP contribution in [0.2, 0.25) is 0 Å². The van der Waals surface area contributed by atoms with Gasteiger partial charge in [-0.05, 0) is 19.4 Å². The predicted molar refractivity (Wildman–Crippen MR) is 50.4 cm³/mol. The number of rotatable bonds is 7. The van der Waals surface area contributed by atoms with Crippen LogP contribution in [0.4, 0.5) is 0 Å². The van der Waals surface area contributed by atoms with Crippen LogP contribution in [0.15, 0.2) is 0 Å². The van der Waals surface area contributed by atoms with Crippen molar-refractivity contribution in [3.8, 4) is 0 Å². The molecule has 3 heteroatoms. The lowest BCUT2D eigenvalue weighted by Crippen LogP contribution is -2.55. The van der Waals surface area contributed by atoms with Crippen LogP contribution in [0.1, 0.15) is 19.8 Å². The molecule has 2 N–H and O–H groups in total. The van der Waals surface area contributed by atoms with Crippen molar-refractivity contribution in [2.24, 2.45) is 0 Å². The Bertz CT molecular complexity index is 105. The Balaban J connectivity index is 1.70. The van der Waals surface area contributed by atoms with Crippen molar-refractivity contribution in [1.82, 2.24) is 10.6 Å². The summed E-state index contributed by atoms with van der Waals surface area (Å²) in [6.45, 7) is 7.31. The van der Waals surface area contributed by atoms with E-state index in [9.17, 15) is 0 Å². The summed E-state index contributed by atoms with van der Waals surface area (Å²) in [5, 5.41) is 6.68. The summed E-state index contributed by atoms with van der Waals surface area (Å²) in [6, 6.07) is 0.719. The van der Waals surface area contributed by atoms with E-state index < -0.39 is 0 Å². The van der Waals surface area contributed by atoms with Gasteiger partial charge in [0.2, 0.25) is 0 Å². The van der Waals surface area contributed by atoms with Gasteiger partial charge in [-0.1, -0.05) is 6.92 Å². The van der Waals surface area contributed by atoms with Crippen molar-refractivity contribution in [2.45, 2.75) is 25.8 Å². The molecule has 72 valence electrons. The van der Waals surface area contributed by atoms with Gasteiger partial charge < -0.3 is 15.4 Å². The van der Waals surface area contributed by atoms with E-state index in [4.69, 9.17) is 4.74 Å². The fourth-order valence-corrected chi connectivity index (χ4v) is 1.16. The maximum atomic E-state index is 5.36. The number of hydrogen-bond acceptors (Lipinski definition) is 3. The fourth-order valence-electron chi connectivity index (χ4n) is 1.16. The van der Waals surface area contributed by atoms with E-state index in [1.807, 2.05) is 0 Å². The van der Waals surface area contributed by atoms with Crippen LogP contribution in [-0.4, -0.2) is 38.9 Å². The van der Waals surface area contributed by atoms with Crippen LogP contribution in [0.5, 0.6) is 0 Å². The molecule has 0 bridgehead atoms. The predicted octanol–water partition coefficient (Wildman–Crippen LogP) is 0.365. The molecule has 1 heterocycles. The van der Waals surface area contributed by atoms with Gasteiger partial charge in [0, 0.05) is 32.3 Å². The van der Waals surface area contributed by atoms with E-state index in [2.05, 4.69) is 17.6 Å². The van der Waals surface area contributed by atoms with Crippen LogP contribution < -0.4 is 10.6 Å². The first kappa shape index (κ1) is 9.96. The van der Waals surface area contributed by atoms with Gasteiger partial charge >= 0.3 is 0 Å². The second kappa shape index (κ2) is 6.40. The Morgan fingerprint density at radius 2 is 2.25 bits per heavy atom. The van der Waals surface area contributed by atoms with Gasteiger partial charge in [-0.2, -0.15) is 0 Å². The van der Waals surface area contributed by atoms with Gasteiger partial charge in [0.15, 0.2) is 0 Å². The van der Waals surface area contributed by atoms with Crippen molar-refractivity contribution >= 4 is 0 Å². The molecule has 0 aromatic carbocycles. The van der Waals surface area contributed by atoms with E-state index >= 15 is 0 Å². The Labute approximate surface area is 74.9 Å². The first-order valence-corrected chi connectivity index (χ1v) is 4.95. The van der Waals surface area contributed by atoms with E-state index in [1.165, 1.54) is 0 Å². The Kier molecular flexibility index (Phi) is 5.32. The number of ether oxygens (including phenoxy) is 1. The van der Waals surface area contributed by atoms with Gasteiger partial charge in [-0.15, -0.1) is 0 Å². The summed E-state index contributed by atoms with van der Waals surface area (Å²) in [5.41, 5.74) is 0. The third kappa shape index (κ3) is 4.04. The average Bonchev–Trinajstić information content (AvgIpc) is 2.00. The van der Waals surface area contributed by atoms with Crippen LogP contribution in [0, 0.1) is 0 Å². The lowest BCUT2D eigenvalue weighted by atomic mass is 10.2. The maximum absolute atomic E-state index is 5.36. The molecule has 12 heavy (non-hydrogen) atoms. The monoisotopic (exact) mass is 172 g/mol. The molecule has 1 rings (SSSR count). The number of nitrogens with one attached hydrogen (secondary N) is 2. The third-order valence-corrected chi connectivity index (χ3v) is 2.03. The minimum Gasteiger partial charge on any atom is -0.381 e. The topological polar surface area (TPSA) is 33.3 Å². The van der Waals surface area contributed by atoms with E-state index in [-0.39, 0.29) is 0 Å². The van der Waals surface area contributed by atoms with E-state index in [0.717, 1.165) is 51.7 Å². The first-order chi connectivity index (χ1) is 5.93. The van der Waals surface area contributed by atoms with Gasteiger partial charge in [-0.25, -0.2) is 0 Å². The fraction of sp³-hybridized carbons (Fsp3) is 1.00. The second-order valence-electron chi connectivity index (χ2n) is 3.28. The van der Waals surface area contributed by atoms with Crippen LogP contribution in [-0.2, 0) is 4.74 Å². The summed E-state index contributed by atoms with van der Waals surface area (Å²) in [5.74, 6) is 0. The molecular formula is C9H20N2O. The third-order valence-electron chi connectivity index (χ3n) is 2.03. The first-order valence-electron chi connectivity index (χ1n) is 4.95. The molecule has 0 aromatic rings. The molecular weight excluding hydrogens is 152 g/mol. The molecule has 1 fully saturated rings. The summed E-state index contributed by atoms with van der Waals surface area (Å²) in [4.78, 5) is 0. The van der Waals surface area contributed by atoms with Gasteiger partial charge in [0.1, 0.15) is 0 Å². The highest BCUT2D eigenvalue weighted by Gasteiger charge is 2.14. The highest BCUT2D eigenvalue weighted by molar-refractivity contribution is 4.80. The molecule has 3 nitrogen and oxygen atoms in total. The van der Waals surface area contributed by atoms with Crippen LogP contribution >= 0.6 is 0 Å². The summed E-state index contributed by atoms with van der Waals surface area (Å²) >= 11 is 0. The molecule has 0 spiro atoms. The van der Waals surface area contributed by atoms with Gasteiger partial charge in [0.05, 0.1) is 0 Å². The molecule has 0 amide bonds.